The number of furan rings is 1. The first-order valence-corrected chi connectivity index (χ1v) is 9.74. The lowest BCUT2D eigenvalue weighted by atomic mass is 9.75. The summed E-state index contributed by atoms with van der Waals surface area (Å²) < 4.78 is 7.69. The van der Waals surface area contributed by atoms with Gasteiger partial charge in [-0.1, -0.05) is 32.0 Å². The van der Waals surface area contributed by atoms with Crippen LogP contribution in [0, 0.1) is 12.3 Å². The molecule has 1 aliphatic carbocycles. The van der Waals surface area contributed by atoms with E-state index < -0.39 is 6.03 Å². The van der Waals surface area contributed by atoms with E-state index in [1.807, 2.05) is 48.9 Å². The average molecular weight is 394 g/mol. The Morgan fingerprint density at radius 1 is 1.21 bits per heavy atom. The van der Waals surface area contributed by atoms with Gasteiger partial charge < -0.3 is 14.3 Å². The topological polar surface area (TPSA) is 88.3 Å². The van der Waals surface area contributed by atoms with E-state index >= 15 is 0 Å². The standard InChI is InChI=1S/C22H26N4O3/c1-13-9-15-17(10-22(2,3)11-19(15)29-13)23-21(28)25-24-20(27)16-12-26(4)18-8-6-5-7-14(16)18/h5-9,12,17H,10-11H2,1-4H3,(H,24,27)(H2,23,25,28). The number of nitrogens with one attached hydrogen (secondary N) is 3. The Kier molecular flexibility index (Phi) is 4.61. The van der Waals surface area contributed by atoms with E-state index in [4.69, 9.17) is 4.42 Å². The van der Waals surface area contributed by atoms with Crippen LogP contribution in [0.2, 0.25) is 0 Å². The predicted molar refractivity (Wildman–Crippen MR) is 110 cm³/mol. The Balaban J connectivity index is 1.43. The van der Waals surface area contributed by atoms with Crippen molar-refractivity contribution in [2.24, 2.45) is 12.5 Å². The van der Waals surface area contributed by atoms with Crippen LogP contribution in [0.3, 0.4) is 0 Å². The van der Waals surface area contributed by atoms with Crippen LogP contribution in [0.4, 0.5) is 4.79 Å². The first-order valence-electron chi connectivity index (χ1n) is 9.74. The number of rotatable bonds is 2. The van der Waals surface area contributed by atoms with Crippen LogP contribution in [0.25, 0.3) is 10.9 Å². The molecule has 0 bridgehead atoms. The molecule has 0 radical (unpaired) electrons. The van der Waals surface area contributed by atoms with Gasteiger partial charge in [0.25, 0.3) is 5.91 Å². The maximum Gasteiger partial charge on any atom is 0.333 e. The maximum absolute atomic E-state index is 12.6. The highest BCUT2D eigenvalue weighted by atomic mass is 16.3. The van der Waals surface area contributed by atoms with Gasteiger partial charge in [0.15, 0.2) is 0 Å². The number of nitrogens with zero attached hydrogens (tertiary/aromatic N) is 1. The van der Waals surface area contributed by atoms with Gasteiger partial charge in [0.1, 0.15) is 11.5 Å². The SMILES string of the molecule is Cc1cc2c(o1)CC(C)(C)CC2NC(=O)NNC(=O)c1cn(C)c2ccccc12. The van der Waals surface area contributed by atoms with E-state index in [0.717, 1.165) is 40.8 Å². The summed E-state index contributed by atoms with van der Waals surface area (Å²) in [5.41, 5.74) is 7.47. The number of benzene rings is 1. The highest BCUT2D eigenvalue weighted by Crippen LogP contribution is 2.41. The summed E-state index contributed by atoms with van der Waals surface area (Å²) in [6.45, 7) is 6.22. The number of aryl methyl sites for hydroxylation is 2. The minimum Gasteiger partial charge on any atom is -0.466 e. The molecule has 3 N–H and O–H groups in total. The summed E-state index contributed by atoms with van der Waals surface area (Å²) in [6.07, 6.45) is 3.39. The van der Waals surface area contributed by atoms with Crippen molar-refractivity contribution in [3.05, 3.63) is 59.2 Å². The molecular weight excluding hydrogens is 368 g/mol. The van der Waals surface area contributed by atoms with Gasteiger partial charge in [0.05, 0.1) is 11.6 Å². The third-order valence-electron chi connectivity index (χ3n) is 5.47. The fourth-order valence-electron chi connectivity index (χ4n) is 4.21. The Morgan fingerprint density at radius 3 is 2.76 bits per heavy atom. The van der Waals surface area contributed by atoms with Gasteiger partial charge in [-0.15, -0.1) is 0 Å². The molecule has 1 unspecified atom stereocenters. The minimum absolute atomic E-state index is 0.0153. The van der Waals surface area contributed by atoms with E-state index in [1.165, 1.54) is 0 Å². The highest BCUT2D eigenvalue weighted by molar-refractivity contribution is 6.07. The molecular formula is C22H26N4O3. The van der Waals surface area contributed by atoms with Crippen LogP contribution >= 0.6 is 0 Å². The van der Waals surface area contributed by atoms with Gasteiger partial charge in [0.2, 0.25) is 0 Å². The molecule has 3 amide bonds. The number of hydrazine groups is 1. The fraction of sp³-hybridized carbons (Fsp3) is 0.364. The molecule has 7 nitrogen and oxygen atoms in total. The lowest BCUT2D eigenvalue weighted by Crippen LogP contribution is -2.49. The van der Waals surface area contributed by atoms with Crippen molar-refractivity contribution in [3.8, 4) is 0 Å². The van der Waals surface area contributed by atoms with Crippen LogP contribution in [-0.4, -0.2) is 16.5 Å². The van der Waals surface area contributed by atoms with E-state index in [9.17, 15) is 9.59 Å². The third kappa shape index (κ3) is 3.72. The Bertz CT molecular complexity index is 1090. The second-order valence-corrected chi connectivity index (χ2v) is 8.56. The van der Waals surface area contributed by atoms with Gasteiger partial charge >= 0.3 is 6.03 Å². The van der Waals surface area contributed by atoms with Crippen molar-refractivity contribution < 1.29 is 14.0 Å². The van der Waals surface area contributed by atoms with Crippen molar-refractivity contribution in [1.82, 2.24) is 20.7 Å². The van der Waals surface area contributed by atoms with Crippen LogP contribution in [0.1, 0.15) is 53.8 Å². The molecule has 0 saturated heterocycles. The van der Waals surface area contributed by atoms with Crippen LogP contribution in [0.15, 0.2) is 40.9 Å². The summed E-state index contributed by atoms with van der Waals surface area (Å²) in [4.78, 5) is 25.1. The van der Waals surface area contributed by atoms with E-state index in [1.54, 1.807) is 6.20 Å². The van der Waals surface area contributed by atoms with Crippen LogP contribution < -0.4 is 16.2 Å². The summed E-state index contributed by atoms with van der Waals surface area (Å²) in [5, 5.41) is 3.80. The first kappa shape index (κ1) is 19.1. The van der Waals surface area contributed by atoms with Gasteiger partial charge in [0, 0.05) is 36.1 Å². The maximum atomic E-state index is 12.6. The number of hydrogen-bond donors (Lipinski definition) is 3. The number of amides is 3. The van der Waals surface area contributed by atoms with Crippen LogP contribution in [0.5, 0.6) is 0 Å². The fourth-order valence-corrected chi connectivity index (χ4v) is 4.21. The number of hydrogen-bond acceptors (Lipinski definition) is 3. The number of para-hydroxylation sites is 1. The van der Waals surface area contributed by atoms with E-state index in [0.29, 0.717) is 5.56 Å². The second-order valence-electron chi connectivity index (χ2n) is 8.56. The van der Waals surface area contributed by atoms with Crippen molar-refractivity contribution in [2.45, 2.75) is 39.7 Å². The predicted octanol–water partition coefficient (Wildman–Crippen LogP) is 3.74. The zero-order valence-electron chi connectivity index (χ0n) is 17.1. The largest absolute Gasteiger partial charge is 0.466 e. The number of carbonyl (C=O) groups is 2. The zero-order chi connectivity index (χ0) is 20.8. The molecule has 152 valence electrons. The van der Waals surface area contributed by atoms with Crippen molar-refractivity contribution in [2.75, 3.05) is 0 Å². The van der Waals surface area contributed by atoms with Crippen LogP contribution in [-0.2, 0) is 13.5 Å². The molecule has 1 aromatic carbocycles. The van der Waals surface area contributed by atoms with Gasteiger partial charge in [-0.05, 0) is 30.9 Å². The molecule has 0 aliphatic heterocycles. The Labute approximate surface area is 169 Å². The molecule has 0 spiro atoms. The van der Waals surface area contributed by atoms with Gasteiger partial charge in [-0.3, -0.25) is 10.2 Å². The molecule has 7 heteroatoms. The molecule has 2 aromatic heterocycles. The van der Waals surface area contributed by atoms with Crippen molar-refractivity contribution in [3.63, 3.8) is 0 Å². The molecule has 1 aliphatic rings. The second kappa shape index (κ2) is 6.99. The van der Waals surface area contributed by atoms with Gasteiger partial charge in [-0.25, -0.2) is 10.2 Å². The van der Waals surface area contributed by atoms with Gasteiger partial charge in [-0.2, -0.15) is 0 Å². The Morgan fingerprint density at radius 2 is 1.97 bits per heavy atom. The first-order chi connectivity index (χ1) is 13.7. The normalized spacial score (nSPS) is 17.6. The third-order valence-corrected chi connectivity index (χ3v) is 5.47. The van der Waals surface area contributed by atoms with E-state index in [2.05, 4.69) is 30.0 Å². The Hall–Kier alpha value is -3.22. The molecule has 3 aromatic rings. The number of carbonyl (C=O) groups excluding carboxylic acids is 2. The molecule has 0 saturated carbocycles. The minimum atomic E-state index is -0.453. The molecule has 1 atom stereocenters. The smallest absolute Gasteiger partial charge is 0.333 e. The molecule has 4 rings (SSSR count). The molecule has 29 heavy (non-hydrogen) atoms. The summed E-state index contributed by atoms with van der Waals surface area (Å²) >= 11 is 0. The molecule has 0 fully saturated rings. The number of aromatic nitrogens is 1. The quantitative estimate of drug-likeness (QED) is 0.579. The average Bonchev–Trinajstić information content (AvgIpc) is 3.19. The lowest BCUT2D eigenvalue weighted by Gasteiger charge is -2.34. The summed E-state index contributed by atoms with van der Waals surface area (Å²) in [7, 11) is 1.88. The van der Waals surface area contributed by atoms with E-state index in [-0.39, 0.29) is 17.4 Å². The lowest BCUT2D eigenvalue weighted by molar-refractivity contribution is 0.0936. The monoisotopic (exact) mass is 394 g/mol. The molecule has 2 heterocycles. The van der Waals surface area contributed by atoms with Crippen molar-refractivity contribution in [1.29, 1.82) is 0 Å². The summed E-state index contributed by atoms with van der Waals surface area (Å²) in [5.74, 6) is 1.40. The number of fused-ring (bicyclic) bond motifs is 2. The zero-order valence-corrected chi connectivity index (χ0v) is 17.1. The van der Waals surface area contributed by atoms with Crippen molar-refractivity contribution >= 4 is 22.8 Å². The highest BCUT2D eigenvalue weighted by Gasteiger charge is 2.35. The summed E-state index contributed by atoms with van der Waals surface area (Å²) in [6, 6.07) is 9.00. The number of urea groups is 1.